The number of nitrogens with one attached hydrogen (secondary N) is 2. The van der Waals surface area contributed by atoms with Crippen LogP contribution in [-0.4, -0.2) is 36.9 Å². The summed E-state index contributed by atoms with van der Waals surface area (Å²) in [5.74, 6) is 6.27. The van der Waals surface area contributed by atoms with Gasteiger partial charge in [0, 0.05) is 7.05 Å². The van der Waals surface area contributed by atoms with Gasteiger partial charge in [-0.15, -0.1) is 0 Å². The van der Waals surface area contributed by atoms with Crippen molar-refractivity contribution in [2.24, 2.45) is 12.9 Å². The Morgan fingerprint density at radius 2 is 2.04 bits per heavy atom. The zero-order chi connectivity index (χ0) is 19.6. The number of ether oxygens (including phenoxy) is 1. The molecule has 0 amide bonds. The van der Waals surface area contributed by atoms with Crippen molar-refractivity contribution in [3.63, 3.8) is 0 Å². The molecule has 0 saturated carbocycles. The van der Waals surface area contributed by atoms with Crippen LogP contribution in [-0.2, 0) is 20.0 Å². The van der Waals surface area contributed by atoms with Gasteiger partial charge in [-0.1, -0.05) is 19.1 Å². The summed E-state index contributed by atoms with van der Waals surface area (Å²) in [5, 5.41) is 10.4. The number of nitrogen functional groups attached to an aromatic ring is 1. The number of nitrogens with two attached hydrogens (primary N) is 1. The van der Waals surface area contributed by atoms with E-state index in [9.17, 15) is 14.7 Å². The predicted molar refractivity (Wildman–Crippen MR) is 101 cm³/mol. The normalized spacial score (nSPS) is 12.3. The number of nitrogens with zero attached hydrogens (tertiary/aromatic N) is 3. The van der Waals surface area contributed by atoms with Crippen molar-refractivity contribution in [2.45, 2.75) is 26.0 Å². The number of rotatable bonds is 7. The summed E-state index contributed by atoms with van der Waals surface area (Å²) in [7, 11) is 1.48. The van der Waals surface area contributed by atoms with Crippen molar-refractivity contribution in [2.75, 3.05) is 12.0 Å². The molecule has 0 aliphatic heterocycles. The number of H-pyrrole nitrogens is 1. The molecular weight excluding hydrogens is 352 g/mol. The van der Waals surface area contributed by atoms with Crippen molar-refractivity contribution >= 4 is 17.1 Å². The van der Waals surface area contributed by atoms with E-state index in [0.717, 1.165) is 6.42 Å². The summed E-state index contributed by atoms with van der Waals surface area (Å²) in [6, 6.07) is 7.60. The molecule has 3 rings (SSSR count). The van der Waals surface area contributed by atoms with Crippen LogP contribution in [0.1, 0.15) is 12.5 Å². The molecule has 1 aromatic carbocycles. The lowest BCUT2D eigenvalue weighted by atomic mass is 10.2. The van der Waals surface area contributed by atoms with E-state index >= 15 is 0 Å². The molecule has 5 N–H and O–H groups in total. The number of aromatic nitrogens is 4. The SMILES string of the molecule is CCc1ccc(OC[C@@H](O)Cn2c(NN)nc3c2c(=O)[nH]c(=O)n3C)cc1. The number of aryl methyl sites for hydroxylation is 2. The van der Waals surface area contributed by atoms with E-state index in [4.69, 9.17) is 10.6 Å². The molecule has 1 atom stereocenters. The molecule has 0 bridgehead atoms. The number of hydrazine groups is 1. The predicted octanol–water partition coefficient (Wildman–Crippen LogP) is -0.289. The van der Waals surface area contributed by atoms with Crippen LogP contribution in [0.3, 0.4) is 0 Å². The molecule has 0 fully saturated rings. The highest BCUT2D eigenvalue weighted by Crippen LogP contribution is 2.16. The van der Waals surface area contributed by atoms with Gasteiger partial charge in [-0.05, 0) is 24.1 Å². The van der Waals surface area contributed by atoms with Crippen molar-refractivity contribution in [1.82, 2.24) is 19.1 Å². The van der Waals surface area contributed by atoms with Gasteiger partial charge in [0.1, 0.15) is 18.5 Å². The van der Waals surface area contributed by atoms with E-state index in [1.807, 2.05) is 24.3 Å². The van der Waals surface area contributed by atoms with Gasteiger partial charge >= 0.3 is 5.69 Å². The van der Waals surface area contributed by atoms with E-state index in [1.165, 1.54) is 21.7 Å². The summed E-state index contributed by atoms with van der Waals surface area (Å²) < 4.78 is 8.22. The molecule has 0 saturated heterocycles. The summed E-state index contributed by atoms with van der Waals surface area (Å²) >= 11 is 0. The van der Waals surface area contributed by atoms with Crippen LogP contribution in [0.25, 0.3) is 11.2 Å². The third-order valence-electron chi connectivity index (χ3n) is 4.30. The third-order valence-corrected chi connectivity index (χ3v) is 4.30. The minimum Gasteiger partial charge on any atom is -0.491 e. The number of aliphatic hydroxyl groups excluding tert-OH is 1. The van der Waals surface area contributed by atoms with E-state index in [-0.39, 0.29) is 30.3 Å². The van der Waals surface area contributed by atoms with E-state index in [0.29, 0.717) is 5.75 Å². The van der Waals surface area contributed by atoms with Crippen LogP contribution < -0.4 is 27.3 Å². The van der Waals surface area contributed by atoms with Gasteiger partial charge in [0.25, 0.3) is 5.56 Å². The second-order valence-corrected chi connectivity index (χ2v) is 6.14. The fraction of sp³-hybridized carbons (Fsp3) is 0.353. The molecule has 0 radical (unpaired) electrons. The summed E-state index contributed by atoms with van der Waals surface area (Å²) in [5.41, 5.74) is 2.69. The Kier molecular flexibility index (Phi) is 5.28. The zero-order valence-electron chi connectivity index (χ0n) is 15.1. The Bertz CT molecular complexity index is 1050. The molecule has 2 aromatic heterocycles. The first-order valence-electron chi connectivity index (χ1n) is 8.50. The first-order valence-corrected chi connectivity index (χ1v) is 8.50. The van der Waals surface area contributed by atoms with E-state index in [1.54, 1.807) is 0 Å². The van der Waals surface area contributed by atoms with Crippen LogP contribution in [0.2, 0.25) is 0 Å². The van der Waals surface area contributed by atoms with Gasteiger partial charge in [-0.3, -0.25) is 19.8 Å². The first-order chi connectivity index (χ1) is 12.9. The monoisotopic (exact) mass is 374 g/mol. The second-order valence-electron chi connectivity index (χ2n) is 6.14. The number of aliphatic hydroxyl groups is 1. The van der Waals surface area contributed by atoms with Crippen LogP contribution >= 0.6 is 0 Å². The van der Waals surface area contributed by atoms with Gasteiger partial charge < -0.3 is 14.4 Å². The first kappa shape index (κ1) is 18.7. The molecule has 3 aromatic rings. The number of hydrogen-bond donors (Lipinski definition) is 4. The minimum absolute atomic E-state index is 0.00433. The number of fused-ring (bicyclic) bond motifs is 1. The number of imidazole rings is 1. The maximum absolute atomic E-state index is 12.2. The fourth-order valence-corrected chi connectivity index (χ4v) is 2.80. The molecule has 0 aliphatic carbocycles. The Morgan fingerprint density at radius 3 is 2.67 bits per heavy atom. The molecule has 10 heteroatoms. The topological polar surface area (TPSA) is 140 Å². The van der Waals surface area contributed by atoms with Crippen LogP contribution in [0.15, 0.2) is 33.9 Å². The average molecular weight is 374 g/mol. The molecule has 10 nitrogen and oxygen atoms in total. The number of anilines is 1. The largest absolute Gasteiger partial charge is 0.491 e. The highest BCUT2D eigenvalue weighted by molar-refractivity contribution is 5.74. The van der Waals surface area contributed by atoms with Crippen molar-refractivity contribution < 1.29 is 9.84 Å². The van der Waals surface area contributed by atoms with Crippen LogP contribution in [0.5, 0.6) is 5.75 Å². The molecule has 0 aliphatic rings. The summed E-state index contributed by atoms with van der Waals surface area (Å²) in [6.45, 7) is 2.08. The lowest BCUT2D eigenvalue weighted by molar-refractivity contribution is 0.0938. The minimum atomic E-state index is -0.933. The maximum atomic E-state index is 12.2. The van der Waals surface area contributed by atoms with Crippen molar-refractivity contribution in [3.05, 3.63) is 50.7 Å². The number of benzene rings is 1. The molecular formula is C17H22N6O4. The molecule has 0 spiro atoms. The summed E-state index contributed by atoms with van der Waals surface area (Å²) in [6.07, 6.45) is -0.000287. The lowest BCUT2D eigenvalue weighted by Crippen LogP contribution is -2.31. The third kappa shape index (κ3) is 3.71. The van der Waals surface area contributed by atoms with Crippen molar-refractivity contribution in [1.29, 1.82) is 0 Å². The Hall–Kier alpha value is -3.11. The highest BCUT2D eigenvalue weighted by atomic mass is 16.5. The lowest BCUT2D eigenvalue weighted by Gasteiger charge is -2.15. The Morgan fingerprint density at radius 1 is 1.33 bits per heavy atom. The number of aromatic amines is 1. The smallest absolute Gasteiger partial charge is 0.329 e. The van der Waals surface area contributed by atoms with Gasteiger partial charge in [-0.25, -0.2) is 10.6 Å². The maximum Gasteiger partial charge on any atom is 0.329 e. The van der Waals surface area contributed by atoms with Crippen LogP contribution in [0.4, 0.5) is 5.95 Å². The van der Waals surface area contributed by atoms with Gasteiger partial charge in [-0.2, -0.15) is 4.98 Å². The molecule has 27 heavy (non-hydrogen) atoms. The van der Waals surface area contributed by atoms with E-state index in [2.05, 4.69) is 22.3 Å². The van der Waals surface area contributed by atoms with Gasteiger partial charge in [0.2, 0.25) is 5.95 Å². The highest BCUT2D eigenvalue weighted by Gasteiger charge is 2.19. The molecule has 2 heterocycles. The molecule has 144 valence electrons. The zero-order valence-corrected chi connectivity index (χ0v) is 15.1. The second kappa shape index (κ2) is 7.64. The molecule has 0 unspecified atom stereocenters. The van der Waals surface area contributed by atoms with Crippen LogP contribution in [0, 0.1) is 0 Å². The van der Waals surface area contributed by atoms with E-state index < -0.39 is 17.4 Å². The summed E-state index contributed by atoms with van der Waals surface area (Å²) in [4.78, 5) is 30.3. The number of hydrogen-bond acceptors (Lipinski definition) is 7. The Labute approximate surface area is 154 Å². The van der Waals surface area contributed by atoms with Gasteiger partial charge in [0.15, 0.2) is 11.2 Å². The van der Waals surface area contributed by atoms with Gasteiger partial charge in [0.05, 0.1) is 6.54 Å². The Balaban J connectivity index is 1.81. The quantitative estimate of drug-likeness (QED) is 0.329. The standard InChI is InChI=1S/C17H22N6O4/c1-3-10-4-6-12(7-5-10)27-9-11(24)8-23-13-14(19-16(23)21-18)22(2)17(26)20-15(13)25/h4-7,11,24H,3,8-9,18H2,1-2H3,(H,19,21)(H,20,25,26)/t11-/m0/s1. The fourth-order valence-electron chi connectivity index (χ4n) is 2.80. The van der Waals surface area contributed by atoms with Crippen molar-refractivity contribution in [3.8, 4) is 5.75 Å². The average Bonchev–Trinajstić information content (AvgIpc) is 3.04.